The molecular weight excluding hydrogens is 236 g/mol. The highest BCUT2D eigenvalue weighted by atomic mass is 16.5. The molecule has 0 aromatic heterocycles. The van der Waals surface area contributed by atoms with Gasteiger partial charge in [0.1, 0.15) is 0 Å². The van der Waals surface area contributed by atoms with Gasteiger partial charge in [-0.2, -0.15) is 0 Å². The van der Waals surface area contributed by atoms with Gasteiger partial charge in [0.2, 0.25) is 5.79 Å². The number of hydrogen-bond acceptors (Lipinski definition) is 2. The SMILES string of the molecule is C=CC(O)(O)/C=C/C#CC/C=C\CCCCCCC. The lowest BCUT2D eigenvalue weighted by molar-refractivity contribution is -0.0737. The number of aliphatic hydroxyl groups is 2. The molecule has 0 aromatic rings. The Morgan fingerprint density at radius 3 is 2.53 bits per heavy atom. The molecule has 0 unspecified atom stereocenters. The van der Waals surface area contributed by atoms with Crippen molar-refractivity contribution in [3.8, 4) is 11.8 Å². The lowest BCUT2D eigenvalue weighted by atomic mass is 10.1. The third-order valence-corrected chi connectivity index (χ3v) is 2.68. The maximum atomic E-state index is 9.15. The van der Waals surface area contributed by atoms with Gasteiger partial charge in [0.05, 0.1) is 0 Å². The van der Waals surface area contributed by atoms with Gasteiger partial charge in [-0.1, -0.05) is 63.2 Å². The Bertz CT molecular complexity index is 340. The molecule has 0 aliphatic carbocycles. The first-order valence-electron chi connectivity index (χ1n) is 7.02. The first-order valence-corrected chi connectivity index (χ1v) is 7.02. The molecule has 0 aliphatic heterocycles. The molecule has 2 N–H and O–H groups in total. The molecule has 0 spiro atoms. The fourth-order valence-electron chi connectivity index (χ4n) is 1.48. The summed E-state index contributed by atoms with van der Waals surface area (Å²) in [6.07, 6.45) is 16.2. The zero-order valence-electron chi connectivity index (χ0n) is 11.9. The van der Waals surface area contributed by atoms with E-state index in [1.807, 2.05) is 0 Å². The minimum atomic E-state index is -1.96. The van der Waals surface area contributed by atoms with Crippen LogP contribution < -0.4 is 0 Å². The summed E-state index contributed by atoms with van der Waals surface area (Å²) < 4.78 is 0. The Morgan fingerprint density at radius 2 is 1.84 bits per heavy atom. The van der Waals surface area contributed by atoms with Crippen molar-refractivity contribution < 1.29 is 10.2 Å². The van der Waals surface area contributed by atoms with Gasteiger partial charge in [-0.25, -0.2) is 0 Å². The van der Waals surface area contributed by atoms with E-state index >= 15 is 0 Å². The van der Waals surface area contributed by atoms with Crippen molar-refractivity contribution in [2.45, 2.75) is 57.7 Å². The number of unbranched alkanes of at least 4 members (excludes halogenated alkanes) is 5. The highest BCUT2D eigenvalue weighted by Gasteiger charge is 2.10. The fourth-order valence-corrected chi connectivity index (χ4v) is 1.48. The largest absolute Gasteiger partial charge is 0.359 e. The molecule has 106 valence electrons. The van der Waals surface area contributed by atoms with Gasteiger partial charge in [0, 0.05) is 6.42 Å². The van der Waals surface area contributed by atoms with E-state index < -0.39 is 5.79 Å². The minimum Gasteiger partial charge on any atom is -0.359 e. The van der Waals surface area contributed by atoms with Crippen molar-refractivity contribution in [3.05, 3.63) is 37.0 Å². The van der Waals surface area contributed by atoms with E-state index in [9.17, 15) is 0 Å². The van der Waals surface area contributed by atoms with Crippen LogP contribution >= 0.6 is 0 Å². The predicted molar refractivity (Wildman–Crippen MR) is 81.4 cm³/mol. The monoisotopic (exact) mass is 262 g/mol. The molecule has 0 heterocycles. The Labute approximate surface area is 117 Å². The Hall–Kier alpha value is -1.30. The van der Waals surface area contributed by atoms with Crippen LogP contribution in [-0.2, 0) is 0 Å². The quantitative estimate of drug-likeness (QED) is 0.288. The summed E-state index contributed by atoms with van der Waals surface area (Å²) in [7, 11) is 0. The topological polar surface area (TPSA) is 40.5 Å². The molecule has 2 nitrogen and oxygen atoms in total. The van der Waals surface area contributed by atoms with E-state index in [0.717, 1.165) is 12.5 Å². The Kier molecular flexibility index (Phi) is 11.0. The van der Waals surface area contributed by atoms with Crippen molar-refractivity contribution in [2.24, 2.45) is 0 Å². The molecule has 0 saturated heterocycles. The standard InChI is InChI=1S/C17H26O2/c1-3-5-6-7-8-9-10-11-12-13-14-15-16-17(18,19)4-2/h4,10-11,15-16,18-19H,2-3,5-9,12H2,1H3/b11-10-,16-15+. The van der Waals surface area contributed by atoms with Gasteiger partial charge in [-0.05, 0) is 31.1 Å². The van der Waals surface area contributed by atoms with Crippen molar-refractivity contribution >= 4 is 0 Å². The van der Waals surface area contributed by atoms with Crippen LogP contribution in [0.4, 0.5) is 0 Å². The number of rotatable bonds is 9. The molecule has 0 amide bonds. The summed E-state index contributed by atoms with van der Waals surface area (Å²) in [5.74, 6) is 3.70. The molecule has 0 bridgehead atoms. The zero-order chi connectivity index (χ0) is 14.4. The normalized spacial score (nSPS) is 11.7. The van der Waals surface area contributed by atoms with Crippen LogP contribution in [0.15, 0.2) is 37.0 Å². The van der Waals surface area contributed by atoms with Gasteiger partial charge in [-0.3, -0.25) is 0 Å². The lowest BCUT2D eigenvalue weighted by Gasteiger charge is -2.08. The van der Waals surface area contributed by atoms with Gasteiger partial charge < -0.3 is 10.2 Å². The molecule has 0 radical (unpaired) electrons. The van der Waals surface area contributed by atoms with E-state index in [-0.39, 0.29) is 0 Å². The van der Waals surface area contributed by atoms with Gasteiger partial charge in [-0.15, -0.1) is 0 Å². The van der Waals surface area contributed by atoms with E-state index in [1.54, 1.807) is 0 Å². The molecule has 0 aromatic carbocycles. The minimum absolute atomic E-state index is 0.692. The third kappa shape index (κ3) is 12.9. The Morgan fingerprint density at radius 1 is 1.11 bits per heavy atom. The fraction of sp³-hybridized carbons (Fsp3) is 0.529. The highest BCUT2D eigenvalue weighted by molar-refractivity contribution is 5.20. The zero-order valence-corrected chi connectivity index (χ0v) is 11.9. The van der Waals surface area contributed by atoms with E-state index in [2.05, 4.69) is 37.5 Å². The third-order valence-electron chi connectivity index (χ3n) is 2.68. The van der Waals surface area contributed by atoms with Crippen molar-refractivity contribution in [2.75, 3.05) is 0 Å². The van der Waals surface area contributed by atoms with Crippen LogP contribution in [0.1, 0.15) is 51.9 Å². The molecule has 0 aliphatic rings. The average Bonchev–Trinajstić information content (AvgIpc) is 2.40. The summed E-state index contributed by atoms with van der Waals surface area (Å²) in [5, 5.41) is 18.3. The number of hydrogen-bond donors (Lipinski definition) is 2. The van der Waals surface area contributed by atoms with Crippen LogP contribution in [0.25, 0.3) is 0 Å². The summed E-state index contributed by atoms with van der Waals surface area (Å²) in [4.78, 5) is 0. The van der Waals surface area contributed by atoms with Gasteiger partial charge >= 0.3 is 0 Å². The maximum absolute atomic E-state index is 9.15. The molecule has 0 atom stereocenters. The smallest absolute Gasteiger partial charge is 0.203 e. The second kappa shape index (κ2) is 11.8. The van der Waals surface area contributed by atoms with E-state index in [4.69, 9.17) is 10.2 Å². The molecule has 2 heteroatoms. The maximum Gasteiger partial charge on any atom is 0.203 e. The van der Waals surface area contributed by atoms with Crippen LogP contribution in [0, 0.1) is 11.8 Å². The average molecular weight is 262 g/mol. The van der Waals surface area contributed by atoms with Crippen molar-refractivity contribution in [3.63, 3.8) is 0 Å². The van der Waals surface area contributed by atoms with E-state index in [1.165, 1.54) is 44.3 Å². The first-order chi connectivity index (χ1) is 9.12. The van der Waals surface area contributed by atoms with Gasteiger partial charge in [0.15, 0.2) is 0 Å². The lowest BCUT2D eigenvalue weighted by Crippen LogP contribution is -2.20. The van der Waals surface area contributed by atoms with Crippen LogP contribution in [0.3, 0.4) is 0 Å². The van der Waals surface area contributed by atoms with E-state index in [0.29, 0.717) is 6.42 Å². The van der Waals surface area contributed by atoms with Crippen LogP contribution in [-0.4, -0.2) is 16.0 Å². The van der Waals surface area contributed by atoms with Gasteiger partial charge in [0.25, 0.3) is 0 Å². The second-order valence-corrected chi connectivity index (χ2v) is 4.52. The van der Waals surface area contributed by atoms with Crippen LogP contribution in [0.5, 0.6) is 0 Å². The molecule has 0 rings (SSSR count). The molecular formula is C17H26O2. The van der Waals surface area contributed by atoms with Crippen LogP contribution in [0.2, 0.25) is 0 Å². The molecule has 0 saturated carbocycles. The first kappa shape index (κ1) is 17.7. The number of allylic oxidation sites excluding steroid dienone is 3. The second-order valence-electron chi connectivity index (χ2n) is 4.52. The molecule has 19 heavy (non-hydrogen) atoms. The summed E-state index contributed by atoms with van der Waals surface area (Å²) in [6, 6.07) is 0. The summed E-state index contributed by atoms with van der Waals surface area (Å²) >= 11 is 0. The van der Waals surface area contributed by atoms with Crippen molar-refractivity contribution in [1.29, 1.82) is 0 Å². The van der Waals surface area contributed by atoms with Crippen molar-refractivity contribution in [1.82, 2.24) is 0 Å². The highest BCUT2D eigenvalue weighted by Crippen LogP contribution is 2.05. The summed E-state index contributed by atoms with van der Waals surface area (Å²) in [6.45, 7) is 5.52. The Balaban J connectivity index is 3.61. The summed E-state index contributed by atoms with van der Waals surface area (Å²) in [5.41, 5.74) is 0. The molecule has 0 fully saturated rings. The predicted octanol–water partition coefficient (Wildman–Crippen LogP) is 3.72.